The summed E-state index contributed by atoms with van der Waals surface area (Å²) in [5.41, 5.74) is 6.23. The zero-order valence-corrected chi connectivity index (χ0v) is 8.65. The summed E-state index contributed by atoms with van der Waals surface area (Å²) in [7, 11) is -4.21. The molecule has 0 radical (unpaired) electrons. The van der Waals surface area contributed by atoms with Gasteiger partial charge in [0.15, 0.2) is 0 Å². The summed E-state index contributed by atoms with van der Waals surface area (Å²) in [4.78, 5) is 28.4. The molecule has 0 bridgehead atoms. The quantitative estimate of drug-likeness (QED) is 0.435. The summed E-state index contributed by atoms with van der Waals surface area (Å²) in [6, 6.07) is 6.02. The van der Waals surface area contributed by atoms with E-state index in [1.165, 1.54) is 24.3 Å². The predicted octanol–water partition coefficient (Wildman–Crippen LogP) is 0.134. The molecule has 1 aromatic carbocycles. The lowest BCUT2D eigenvalue weighted by molar-refractivity contribution is 0.0957. The lowest BCUT2D eigenvalue weighted by Crippen LogP contribution is -2.24. The van der Waals surface area contributed by atoms with E-state index < -0.39 is 19.8 Å². The minimum Gasteiger partial charge on any atom is -0.399 e. The third kappa shape index (κ3) is 4.12. The van der Waals surface area contributed by atoms with Crippen LogP contribution in [0.15, 0.2) is 24.3 Å². The van der Waals surface area contributed by atoms with Gasteiger partial charge in [0.1, 0.15) is 6.29 Å². The number of amides is 1. The van der Waals surface area contributed by atoms with Gasteiger partial charge in [-0.1, -0.05) is 0 Å². The second-order valence-electron chi connectivity index (χ2n) is 2.95. The van der Waals surface area contributed by atoms with Gasteiger partial charge in [-0.05, 0) is 24.3 Å². The highest BCUT2D eigenvalue weighted by atomic mass is 31.2. The summed E-state index contributed by atoms with van der Waals surface area (Å²) >= 11 is 0. The molecule has 0 unspecified atom stereocenters. The maximum Gasteiger partial charge on any atom is 0.344 e. The Labute approximate surface area is 86.3 Å². The van der Waals surface area contributed by atoms with Gasteiger partial charge in [0.25, 0.3) is 5.91 Å². The van der Waals surface area contributed by atoms with Crippen LogP contribution in [0.2, 0.25) is 0 Å². The molecule has 0 aliphatic carbocycles. The van der Waals surface area contributed by atoms with Gasteiger partial charge in [0, 0.05) is 11.3 Å². The Morgan fingerprint density at radius 1 is 1.33 bits per heavy atom. The molecule has 0 heterocycles. The van der Waals surface area contributed by atoms with Crippen molar-refractivity contribution >= 4 is 19.2 Å². The van der Waals surface area contributed by atoms with Crippen LogP contribution in [0.1, 0.15) is 10.4 Å². The van der Waals surface area contributed by atoms with Crippen molar-refractivity contribution in [2.75, 3.05) is 12.0 Å². The largest absolute Gasteiger partial charge is 0.399 e. The van der Waals surface area contributed by atoms with Crippen LogP contribution in [0.25, 0.3) is 0 Å². The van der Waals surface area contributed by atoms with E-state index in [2.05, 4.69) is 5.32 Å². The van der Waals surface area contributed by atoms with Gasteiger partial charge < -0.3 is 20.8 Å². The minimum atomic E-state index is -4.21. The van der Waals surface area contributed by atoms with Crippen molar-refractivity contribution < 1.29 is 19.1 Å². The first-order chi connectivity index (χ1) is 6.88. The number of carbonyl (C=O) groups is 1. The smallest absolute Gasteiger partial charge is 0.344 e. The van der Waals surface area contributed by atoms with Gasteiger partial charge >= 0.3 is 7.60 Å². The molecule has 0 aliphatic heterocycles. The van der Waals surface area contributed by atoms with Gasteiger partial charge in [0.05, 0.1) is 0 Å². The maximum atomic E-state index is 11.3. The minimum absolute atomic E-state index is 0.303. The van der Waals surface area contributed by atoms with Crippen LogP contribution in [0.3, 0.4) is 0 Å². The molecular weight excluding hydrogens is 219 g/mol. The molecule has 7 heteroatoms. The molecule has 0 atom stereocenters. The van der Waals surface area contributed by atoms with E-state index in [4.69, 9.17) is 15.5 Å². The molecule has 0 spiro atoms. The molecule has 15 heavy (non-hydrogen) atoms. The standard InChI is InChI=1S/C8H11N2O4P/c9-7-3-1-6(2-4-7)8(11)10-5-15(12,13)14/h1-4H,5,9H2,(H,10,11)(H2,12,13,14). The van der Waals surface area contributed by atoms with Gasteiger partial charge in [0.2, 0.25) is 0 Å². The highest BCUT2D eigenvalue weighted by molar-refractivity contribution is 7.51. The first-order valence-corrected chi connectivity index (χ1v) is 5.86. The SMILES string of the molecule is Nc1ccc(C(=O)NCP(=O)(O)O)cc1. The molecule has 1 amide bonds. The highest BCUT2D eigenvalue weighted by Gasteiger charge is 2.14. The van der Waals surface area contributed by atoms with Crippen LogP contribution >= 0.6 is 7.60 Å². The average molecular weight is 230 g/mol. The third-order valence-corrected chi connectivity index (χ3v) is 2.19. The van der Waals surface area contributed by atoms with E-state index in [0.717, 1.165) is 0 Å². The Hall–Kier alpha value is -1.36. The van der Waals surface area contributed by atoms with Gasteiger partial charge in [-0.3, -0.25) is 9.36 Å². The molecule has 5 N–H and O–H groups in total. The fourth-order valence-corrected chi connectivity index (χ4v) is 1.26. The van der Waals surface area contributed by atoms with E-state index in [9.17, 15) is 9.36 Å². The van der Waals surface area contributed by atoms with Crippen molar-refractivity contribution in [2.24, 2.45) is 0 Å². The summed E-state index contributed by atoms with van der Waals surface area (Å²) in [5, 5.41) is 2.12. The Bertz CT molecular complexity index is 398. The monoisotopic (exact) mass is 230 g/mol. The molecule has 0 aliphatic rings. The molecule has 0 saturated heterocycles. The number of benzene rings is 1. The highest BCUT2D eigenvalue weighted by Crippen LogP contribution is 2.32. The van der Waals surface area contributed by atoms with E-state index in [-0.39, 0.29) is 0 Å². The number of anilines is 1. The molecular formula is C8H11N2O4P. The summed E-state index contributed by atoms with van der Waals surface area (Å²) < 4.78 is 10.5. The number of carbonyl (C=O) groups excluding carboxylic acids is 1. The topological polar surface area (TPSA) is 113 Å². The Kier molecular flexibility index (Phi) is 3.47. The molecule has 1 rings (SSSR count). The predicted molar refractivity (Wildman–Crippen MR) is 55.2 cm³/mol. The molecule has 0 aromatic heterocycles. The summed E-state index contributed by atoms with van der Waals surface area (Å²) in [6.45, 7) is 0. The molecule has 1 aromatic rings. The Balaban J connectivity index is 2.62. The van der Waals surface area contributed by atoms with Crippen molar-refractivity contribution in [3.05, 3.63) is 29.8 Å². The molecule has 6 nitrogen and oxygen atoms in total. The van der Waals surface area contributed by atoms with Crippen molar-refractivity contribution in [1.82, 2.24) is 5.32 Å². The lowest BCUT2D eigenvalue weighted by atomic mass is 10.2. The fraction of sp³-hybridized carbons (Fsp3) is 0.125. The Morgan fingerprint density at radius 3 is 2.33 bits per heavy atom. The lowest BCUT2D eigenvalue weighted by Gasteiger charge is -2.06. The van der Waals surface area contributed by atoms with Crippen LogP contribution < -0.4 is 11.1 Å². The van der Waals surface area contributed by atoms with Gasteiger partial charge in [-0.15, -0.1) is 0 Å². The van der Waals surface area contributed by atoms with E-state index in [0.29, 0.717) is 11.3 Å². The van der Waals surface area contributed by atoms with Crippen LogP contribution in [0, 0.1) is 0 Å². The summed E-state index contributed by atoms with van der Waals surface area (Å²) in [6.07, 6.45) is -0.670. The average Bonchev–Trinajstić information content (AvgIpc) is 2.14. The molecule has 82 valence electrons. The Morgan fingerprint density at radius 2 is 1.87 bits per heavy atom. The van der Waals surface area contributed by atoms with Crippen LogP contribution in [-0.2, 0) is 4.57 Å². The number of rotatable bonds is 3. The van der Waals surface area contributed by atoms with Crippen LogP contribution in [0.5, 0.6) is 0 Å². The second-order valence-corrected chi connectivity index (χ2v) is 4.60. The maximum absolute atomic E-state index is 11.3. The van der Waals surface area contributed by atoms with Crippen molar-refractivity contribution in [3.8, 4) is 0 Å². The van der Waals surface area contributed by atoms with Crippen LogP contribution in [0.4, 0.5) is 5.69 Å². The van der Waals surface area contributed by atoms with E-state index in [1.807, 2.05) is 0 Å². The first-order valence-electron chi connectivity index (χ1n) is 4.07. The number of hydrogen-bond donors (Lipinski definition) is 4. The van der Waals surface area contributed by atoms with E-state index in [1.54, 1.807) is 0 Å². The van der Waals surface area contributed by atoms with Crippen molar-refractivity contribution in [1.29, 1.82) is 0 Å². The van der Waals surface area contributed by atoms with E-state index >= 15 is 0 Å². The van der Waals surface area contributed by atoms with Crippen molar-refractivity contribution in [2.45, 2.75) is 0 Å². The second kappa shape index (κ2) is 4.44. The number of hydrogen-bond acceptors (Lipinski definition) is 3. The van der Waals surface area contributed by atoms with Crippen molar-refractivity contribution in [3.63, 3.8) is 0 Å². The zero-order valence-electron chi connectivity index (χ0n) is 7.75. The first kappa shape index (κ1) is 11.7. The molecule has 0 saturated carbocycles. The van der Waals surface area contributed by atoms with Gasteiger partial charge in [-0.25, -0.2) is 0 Å². The normalized spacial score (nSPS) is 11.1. The summed E-state index contributed by atoms with van der Waals surface area (Å²) in [5.74, 6) is -0.543. The number of nitrogens with two attached hydrogens (primary N) is 1. The number of nitrogens with one attached hydrogen (secondary N) is 1. The number of nitrogen functional groups attached to an aromatic ring is 1. The zero-order chi connectivity index (χ0) is 11.5. The third-order valence-electron chi connectivity index (χ3n) is 1.62. The molecule has 0 fully saturated rings. The van der Waals surface area contributed by atoms with Crippen LogP contribution in [-0.4, -0.2) is 22.0 Å². The fourth-order valence-electron chi connectivity index (χ4n) is 0.911. The van der Waals surface area contributed by atoms with Gasteiger partial charge in [-0.2, -0.15) is 0 Å².